The lowest BCUT2D eigenvalue weighted by molar-refractivity contribution is -0.121. The molecule has 0 aliphatic heterocycles. The van der Waals surface area contributed by atoms with Gasteiger partial charge in [0, 0.05) is 11.5 Å². The molecule has 0 aliphatic rings. The van der Waals surface area contributed by atoms with E-state index in [-0.39, 0.29) is 23.9 Å². The summed E-state index contributed by atoms with van der Waals surface area (Å²) in [4.78, 5) is 23.5. The maximum Gasteiger partial charge on any atom is 0.171 e. The summed E-state index contributed by atoms with van der Waals surface area (Å²) in [6.45, 7) is 3.72. The summed E-state index contributed by atoms with van der Waals surface area (Å²) in [6, 6.07) is 8.53. The standard InChI is InChI=1S/C14H15NO2/c1-3-10(2)13(16)8-14(17)12-7-5-4-6-11(12)9-15/h4-7,10H,3,8H2,1-2H3. The van der Waals surface area contributed by atoms with E-state index in [1.807, 2.05) is 19.9 Å². The van der Waals surface area contributed by atoms with Gasteiger partial charge in [-0.05, 0) is 12.5 Å². The van der Waals surface area contributed by atoms with Crippen molar-refractivity contribution in [1.29, 1.82) is 5.26 Å². The Hall–Kier alpha value is -1.95. The average Bonchev–Trinajstić information content (AvgIpc) is 2.37. The molecule has 1 aromatic rings. The molecule has 1 atom stereocenters. The Bertz CT molecular complexity index is 471. The highest BCUT2D eigenvalue weighted by atomic mass is 16.1. The lowest BCUT2D eigenvalue weighted by Crippen LogP contribution is -2.15. The number of benzene rings is 1. The molecule has 0 N–H and O–H groups in total. The Morgan fingerprint density at radius 1 is 1.35 bits per heavy atom. The van der Waals surface area contributed by atoms with E-state index in [1.54, 1.807) is 24.3 Å². The molecule has 17 heavy (non-hydrogen) atoms. The highest BCUT2D eigenvalue weighted by molar-refractivity contribution is 6.09. The molecule has 0 radical (unpaired) electrons. The predicted octanol–water partition coefficient (Wildman–Crippen LogP) is 2.75. The SMILES string of the molecule is CCC(C)C(=O)CC(=O)c1ccccc1C#N. The summed E-state index contributed by atoms with van der Waals surface area (Å²) < 4.78 is 0. The fourth-order valence-corrected chi connectivity index (χ4v) is 1.48. The van der Waals surface area contributed by atoms with Gasteiger partial charge in [-0.1, -0.05) is 32.0 Å². The Morgan fingerprint density at radius 3 is 2.59 bits per heavy atom. The number of nitriles is 1. The Kier molecular flexibility index (Phi) is 4.59. The van der Waals surface area contributed by atoms with Crippen molar-refractivity contribution in [2.24, 2.45) is 5.92 Å². The van der Waals surface area contributed by atoms with Gasteiger partial charge in [0.05, 0.1) is 18.1 Å². The predicted molar refractivity (Wildman–Crippen MR) is 64.6 cm³/mol. The first-order valence-corrected chi connectivity index (χ1v) is 5.65. The molecule has 1 aromatic carbocycles. The van der Waals surface area contributed by atoms with E-state index in [2.05, 4.69) is 0 Å². The molecular weight excluding hydrogens is 214 g/mol. The molecule has 88 valence electrons. The van der Waals surface area contributed by atoms with Crippen LogP contribution in [0.5, 0.6) is 0 Å². The number of Topliss-reactive ketones (excluding diaryl/α,β-unsaturated/α-hetero) is 2. The average molecular weight is 229 g/mol. The van der Waals surface area contributed by atoms with Crippen LogP contribution in [0.4, 0.5) is 0 Å². The van der Waals surface area contributed by atoms with E-state index >= 15 is 0 Å². The normalized spacial score (nSPS) is 11.6. The van der Waals surface area contributed by atoms with Gasteiger partial charge in [-0.25, -0.2) is 0 Å². The molecule has 0 aromatic heterocycles. The summed E-state index contributed by atoms with van der Waals surface area (Å²) in [5.74, 6) is -0.439. The van der Waals surface area contributed by atoms with Gasteiger partial charge >= 0.3 is 0 Å². The Balaban J connectivity index is 2.84. The van der Waals surface area contributed by atoms with Gasteiger partial charge in [0.2, 0.25) is 0 Å². The van der Waals surface area contributed by atoms with E-state index in [0.717, 1.165) is 6.42 Å². The van der Waals surface area contributed by atoms with Crippen LogP contribution in [0.3, 0.4) is 0 Å². The molecule has 0 saturated carbocycles. The molecule has 0 bridgehead atoms. The van der Waals surface area contributed by atoms with E-state index < -0.39 is 0 Å². The van der Waals surface area contributed by atoms with Gasteiger partial charge in [0.25, 0.3) is 0 Å². The van der Waals surface area contributed by atoms with E-state index in [9.17, 15) is 9.59 Å². The van der Waals surface area contributed by atoms with Crippen molar-refractivity contribution in [1.82, 2.24) is 0 Å². The number of rotatable bonds is 5. The minimum absolute atomic E-state index is 0.0646. The topological polar surface area (TPSA) is 57.9 Å². The second kappa shape index (κ2) is 5.95. The number of carbonyl (C=O) groups excluding carboxylic acids is 2. The quantitative estimate of drug-likeness (QED) is 0.576. The molecule has 0 fully saturated rings. The first-order valence-electron chi connectivity index (χ1n) is 5.65. The maximum absolute atomic E-state index is 11.9. The van der Waals surface area contributed by atoms with Gasteiger partial charge < -0.3 is 0 Å². The zero-order valence-corrected chi connectivity index (χ0v) is 10.1. The van der Waals surface area contributed by atoms with Crippen LogP contribution in [0.25, 0.3) is 0 Å². The highest BCUT2D eigenvalue weighted by Gasteiger charge is 2.18. The molecule has 0 heterocycles. The smallest absolute Gasteiger partial charge is 0.171 e. The minimum Gasteiger partial charge on any atom is -0.299 e. The zero-order valence-electron chi connectivity index (χ0n) is 10.1. The largest absolute Gasteiger partial charge is 0.299 e. The lowest BCUT2D eigenvalue weighted by Gasteiger charge is -2.07. The van der Waals surface area contributed by atoms with Gasteiger partial charge in [0.15, 0.2) is 5.78 Å². The number of ketones is 2. The molecular formula is C14H15NO2. The maximum atomic E-state index is 11.9. The molecule has 0 spiro atoms. The van der Waals surface area contributed by atoms with Crippen molar-refractivity contribution < 1.29 is 9.59 Å². The van der Waals surface area contributed by atoms with E-state index in [1.165, 1.54) is 0 Å². The summed E-state index contributed by atoms with van der Waals surface area (Å²) in [7, 11) is 0. The first kappa shape index (κ1) is 13.1. The number of hydrogen-bond donors (Lipinski definition) is 0. The Morgan fingerprint density at radius 2 is 2.00 bits per heavy atom. The minimum atomic E-state index is -0.271. The molecule has 0 amide bonds. The van der Waals surface area contributed by atoms with Gasteiger partial charge in [0.1, 0.15) is 5.78 Å². The number of carbonyl (C=O) groups is 2. The second-order valence-electron chi connectivity index (χ2n) is 4.03. The summed E-state index contributed by atoms with van der Waals surface area (Å²) in [6.07, 6.45) is 0.611. The zero-order chi connectivity index (χ0) is 12.8. The lowest BCUT2D eigenvalue weighted by atomic mass is 9.95. The van der Waals surface area contributed by atoms with Crippen molar-refractivity contribution >= 4 is 11.6 Å². The number of hydrogen-bond acceptors (Lipinski definition) is 3. The van der Waals surface area contributed by atoms with Crippen molar-refractivity contribution in [3.63, 3.8) is 0 Å². The van der Waals surface area contributed by atoms with Gasteiger partial charge in [-0.2, -0.15) is 5.26 Å². The van der Waals surface area contributed by atoms with Crippen molar-refractivity contribution in [3.8, 4) is 6.07 Å². The van der Waals surface area contributed by atoms with Crippen LogP contribution in [-0.4, -0.2) is 11.6 Å². The molecule has 0 aliphatic carbocycles. The third kappa shape index (κ3) is 3.25. The van der Waals surface area contributed by atoms with Gasteiger partial charge in [-0.3, -0.25) is 9.59 Å². The molecule has 1 unspecified atom stereocenters. The van der Waals surface area contributed by atoms with Crippen molar-refractivity contribution in [3.05, 3.63) is 35.4 Å². The summed E-state index contributed by atoms with van der Waals surface area (Å²) in [5, 5.41) is 8.87. The first-order chi connectivity index (χ1) is 8.10. The van der Waals surface area contributed by atoms with Crippen LogP contribution in [0, 0.1) is 17.2 Å². The fraction of sp³-hybridized carbons (Fsp3) is 0.357. The summed E-state index contributed by atoms with van der Waals surface area (Å²) in [5.41, 5.74) is 0.668. The van der Waals surface area contributed by atoms with Crippen LogP contribution < -0.4 is 0 Å². The Labute approximate surface area is 101 Å². The number of nitrogens with zero attached hydrogens (tertiary/aromatic N) is 1. The van der Waals surface area contributed by atoms with Crippen molar-refractivity contribution in [2.75, 3.05) is 0 Å². The van der Waals surface area contributed by atoms with Crippen LogP contribution in [-0.2, 0) is 4.79 Å². The van der Waals surface area contributed by atoms with E-state index in [0.29, 0.717) is 11.1 Å². The third-order valence-electron chi connectivity index (χ3n) is 2.84. The third-order valence-corrected chi connectivity index (χ3v) is 2.84. The molecule has 1 rings (SSSR count). The molecule has 3 heteroatoms. The highest BCUT2D eigenvalue weighted by Crippen LogP contribution is 2.13. The van der Waals surface area contributed by atoms with E-state index in [4.69, 9.17) is 5.26 Å². The second-order valence-corrected chi connectivity index (χ2v) is 4.03. The van der Waals surface area contributed by atoms with Crippen LogP contribution in [0.1, 0.15) is 42.6 Å². The van der Waals surface area contributed by atoms with Crippen molar-refractivity contribution in [2.45, 2.75) is 26.7 Å². The fourth-order valence-electron chi connectivity index (χ4n) is 1.48. The summed E-state index contributed by atoms with van der Waals surface area (Å²) >= 11 is 0. The van der Waals surface area contributed by atoms with Crippen LogP contribution >= 0.6 is 0 Å². The van der Waals surface area contributed by atoms with Crippen LogP contribution in [0.2, 0.25) is 0 Å². The molecule has 3 nitrogen and oxygen atoms in total. The molecule has 0 saturated heterocycles. The van der Waals surface area contributed by atoms with Gasteiger partial charge in [-0.15, -0.1) is 0 Å². The monoisotopic (exact) mass is 229 g/mol. The van der Waals surface area contributed by atoms with Crippen LogP contribution in [0.15, 0.2) is 24.3 Å².